The molecule has 0 bridgehead atoms. The zero-order valence-corrected chi connectivity index (χ0v) is 18.9. The Morgan fingerprint density at radius 2 is 1.31 bits per heavy atom. The largest absolute Gasteiger partial charge is 0.0651 e. The molecule has 0 spiro atoms. The normalized spacial score (nSPS) is 15.0. The molecule has 0 N–H and O–H groups in total. The van der Waals surface area contributed by atoms with E-state index in [4.69, 9.17) is 0 Å². The maximum absolute atomic E-state index is 2.48. The van der Waals surface area contributed by atoms with Crippen molar-refractivity contribution in [2.75, 3.05) is 0 Å². The van der Waals surface area contributed by atoms with Gasteiger partial charge in [-0.1, -0.05) is 130 Å². The summed E-state index contributed by atoms with van der Waals surface area (Å²) in [4.78, 5) is 0. The van der Waals surface area contributed by atoms with Gasteiger partial charge in [0.1, 0.15) is 0 Å². The highest BCUT2D eigenvalue weighted by molar-refractivity contribution is 5.23. The van der Waals surface area contributed by atoms with E-state index >= 15 is 0 Å². The van der Waals surface area contributed by atoms with E-state index in [2.05, 4.69) is 78.8 Å². The van der Waals surface area contributed by atoms with Gasteiger partial charge in [0.2, 0.25) is 0 Å². The van der Waals surface area contributed by atoms with E-state index in [-0.39, 0.29) is 5.41 Å². The molecule has 2 atom stereocenters. The van der Waals surface area contributed by atoms with Crippen LogP contribution < -0.4 is 0 Å². The van der Waals surface area contributed by atoms with E-state index in [1.54, 1.807) is 0 Å². The fourth-order valence-corrected chi connectivity index (χ4v) is 4.37. The van der Waals surface area contributed by atoms with Crippen LogP contribution in [0.3, 0.4) is 0 Å². The molecule has 26 heavy (non-hydrogen) atoms. The van der Waals surface area contributed by atoms with Crippen LogP contribution in [0, 0.1) is 17.3 Å². The molecule has 0 radical (unpaired) electrons. The van der Waals surface area contributed by atoms with E-state index in [1.807, 2.05) is 0 Å². The summed E-state index contributed by atoms with van der Waals surface area (Å²) in [5, 5.41) is 0. The first-order valence-corrected chi connectivity index (χ1v) is 11.2. The number of unbranched alkanes of at least 4 members (excludes halogenated alkanes) is 4. The summed E-state index contributed by atoms with van der Waals surface area (Å²) < 4.78 is 0. The number of benzene rings is 1. The van der Waals surface area contributed by atoms with Crippen molar-refractivity contribution in [3.05, 3.63) is 35.9 Å². The topological polar surface area (TPSA) is 0 Å². The van der Waals surface area contributed by atoms with Gasteiger partial charge in [0, 0.05) is 0 Å². The standard InChI is InChI=1S/C26H46/c1-8-22(2)17-13-10-9-11-14-18-23(3)25(4,5)21-26(6,7)24-19-15-12-16-20-24/h12,15-16,19-20,22-23H,8-11,13-14,17-18,21H2,1-7H3. The summed E-state index contributed by atoms with van der Waals surface area (Å²) in [7, 11) is 0. The van der Waals surface area contributed by atoms with E-state index in [1.165, 1.54) is 63.4 Å². The lowest BCUT2D eigenvalue weighted by Crippen LogP contribution is -2.31. The molecule has 0 saturated heterocycles. The van der Waals surface area contributed by atoms with E-state index in [0.717, 1.165) is 11.8 Å². The second-order valence-electron chi connectivity index (χ2n) is 10.2. The summed E-state index contributed by atoms with van der Waals surface area (Å²) in [5.74, 6) is 1.70. The van der Waals surface area contributed by atoms with Crippen LogP contribution in [0.2, 0.25) is 0 Å². The van der Waals surface area contributed by atoms with Gasteiger partial charge in [0.25, 0.3) is 0 Å². The molecule has 0 aromatic heterocycles. The molecule has 0 amide bonds. The minimum absolute atomic E-state index is 0.245. The molecule has 0 saturated carbocycles. The number of hydrogen-bond acceptors (Lipinski definition) is 0. The Hall–Kier alpha value is -0.780. The monoisotopic (exact) mass is 358 g/mol. The van der Waals surface area contributed by atoms with E-state index in [0.29, 0.717) is 5.41 Å². The highest BCUT2D eigenvalue weighted by Gasteiger charge is 2.33. The van der Waals surface area contributed by atoms with Crippen LogP contribution in [0.25, 0.3) is 0 Å². The molecule has 0 heterocycles. The maximum atomic E-state index is 2.48. The smallest absolute Gasteiger partial charge is 0.00984 e. The maximum Gasteiger partial charge on any atom is -0.00984 e. The second-order valence-corrected chi connectivity index (χ2v) is 10.2. The predicted molar refractivity (Wildman–Crippen MR) is 119 cm³/mol. The Kier molecular flexibility index (Phi) is 9.98. The Bertz CT molecular complexity index is 468. The third-order valence-corrected chi connectivity index (χ3v) is 6.82. The molecule has 0 aliphatic carbocycles. The Morgan fingerprint density at radius 1 is 0.769 bits per heavy atom. The first kappa shape index (κ1) is 23.3. The van der Waals surface area contributed by atoms with Crippen LogP contribution in [-0.4, -0.2) is 0 Å². The van der Waals surface area contributed by atoms with Gasteiger partial charge >= 0.3 is 0 Å². The van der Waals surface area contributed by atoms with Gasteiger partial charge < -0.3 is 0 Å². The van der Waals surface area contributed by atoms with Crippen molar-refractivity contribution in [3.8, 4) is 0 Å². The van der Waals surface area contributed by atoms with Crippen LogP contribution in [-0.2, 0) is 5.41 Å². The Morgan fingerprint density at radius 3 is 1.88 bits per heavy atom. The van der Waals surface area contributed by atoms with Gasteiger partial charge in [0.15, 0.2) is 0 Å². The predicted octanol–water partition coefficient (Wildman–Crippen LogP) is 8.79. The van der Waals surface area contributed by atoms with Crippen molar-refractivity contribution in [1.29, 1.82) is 0 Å². The minimum Gasteiger partial charge on any atom is -0.0651 e. The van der Waals surface area contributed by atoms with Crippen molar-refractivity contribution in [2.45, 2.75) is 112 Å². The van der Waals surface area contributed by atoms with Crippen LogP contribution >= 0.6 is 0 Å². The molecule has 2 unspecified atom stereocenters. The first-order chi connectivity index (χ1) is 12.2. The molecule has 150 valence electrons. The lowest BCUT2D eigenvalue weighted by molar-refractivity contribution is 0.156. The first-order valence-electron chi connectivity index (χ1n) is 11.2. The molecule has 0 aliphatic heterocycles. The van der Waals surface area contributed by atoms with E-state index in [9.17, 15) is 0 Å². The molecule has 0 aliphatic rings. The zero-order valence-electron chi connectivity index (χ0n) is 18.9. The van der Waals surface area contributed by atoms with Gasteiger partial charge in [-0.15, -0.1) is 0 Å². The highest BCUT2D eigenvalue weighted by atomic mass is 14.4. The number of rotatable bonds is 13. The summed E-state index contributed by atoms with van der Waals surface area (Å²) in [6, 6.07) is 11.1. The second kappa shape index (κ2) is 11.2. The van der Waals surface area contributed by atoms with E-state index < -0.39 is 0 Å². The van der Waals surface area contributed by atoms with Crippen molar-refractivity contribution in [2.24, 2.45) is 17.3 Å². The summed E-state index contributed by atoms with van der Waals surface area (Å²) in [6.45, 7) is 17.0. The quantitative estimate of drug-likeness (QED) is 0.309. The summed E-state index contributed by atoms with van der Waals surface area (Å²) >= 11 is 0. The Labute approximate surface area is 165 Å². The summed E-state index contributed by atoms with van der Waals surface area (Å²) in [5.41, 5.74) is 2.10. The summed E-state index contributed by atoms with van der Waals surface area (Å²) in [6.07, 6.45) is 12.5. The van der Waals surface area contributed by atoms with Gasteiger partial charge in [-0.05, 0) is 34.7 Å². The van der Waals surface area contributed by atoms with Crippen molar-refractivity contribution >= 4 is 0 Å². The van der Waals surface area contributed by atoms with Crippen LogP contribution in [0.4, 0.5) is 0 Å². The molecule has 0 fully saturated rings. The molecule has 1 aromatic carbocycles. The Balaban J connectivity index is 2.33. The highest BCUT2D eigenvalue weighted by Crippen LogP contribution is 2.42. The van der Waals surface area contributed by atoms with Crippen LogP contribution in [0.15, 0.2) is 30.3 Å². The number of hydrogen-bond donors (Lipinski definition) is 0. The molecular formula is C26H46. The van der Waals surface area contributed by atoms with Crippen molar-refractivity contribution in [3.63, 3.8) is 0 Å². The average Bonchev–Trinajstić information content (AvgIpc) is 2.60. The molecule has 0 nitrogen and oxygen atoms in total. The SMILES string of the molecule is CCC(C)CCCCCCCC(C)C(C)(C)CC(C)(C)c1ccccc1. The molecule has 1 aromatic rings. The molecule has 0 heteroatoms. The fraction of sp³-hybridized carbons (Fsp3) is 0.769. The zero-order chi connectivity index (χ0) is 19.6. The van der Waals surface area contributed by atoms with Crippen LogP contribution in [0.5, 0.6) is 0 Å². The van der Waals surface area contributed by atoms with Gasteiger partial charge in [-0.3, -0.25) is 0 Å². The lowest BCUT2D eigenvalue weighted by atomic mass is 9.65. The average molecular weight is 359 g/mol. The van der Waals surface area contributed by atoms with Crippen LogP contribution in [0.1, 0.15) is 112 Å². The third-order valence-electron chi connectivity index (χ3n) is 6.82. The molecular weight excluding hydrogens is 312 g/mol. The van der Waals surface area contributed by atoms with Gasteiger partial charge in [-0.25, -0.2) is 0 Å². The van der Waals surface area contributed by atoms with Crippen molar-refractivity contribution < 1.29 is 0 Å². The van der Waals surface area contributed by atoms with Crippen molar-refractivity contribution in [1.82, 2.24) is 0 Å². The van der Waals surface area contributed by atoms with Gasteiger partial charge in [0.05, 0.1) is 0 Å². The fourth-order valence-electron chi connectivity index (χ4n) is 4.37. The third kappa shape index (κ3) is 8.28. The van der Waals surface area contributed by atoms with Gasteiger partial charge in [-0.2, -0.15) is 0 Å². The molecule has 1 rings (SSSR count). The minimum atomic E-state index is 0.245. The lowest BCUT2D eigenvalue weighted by Gasteiger charge is -2.39.